The first-order valence-electron chi connectivity index (χ1n) is 7.47. The number of carbonyl (C=O) groups is 1. The van der Waals surface area contributed by atoms with Crippen LogP contribution in [0.3, 0.4) is 0 Å². The monoisotopic (exact) mass is 370 g/mol. The highest BCUT2D eigenvalue weighted by molar-refractivity contribution is 7.13. The third-order valence-corrected chi connectivity index (χ3v) is 5.06. The van der Waals surface area contributed by atoms with Crippen LogP contribution in [0, 0.1) is 0 Å². The Morgan fingerprint density at radius 2 is 2.17 bits per heavy atom. The van der Waals surface area contributed by atoms with Crippen molar-refractivity contribution < 1.29 is 4.79 Å². The zero-order valence-electron chi connectivity index (χ0n) is 13.2. The number of rotatable bonds is 3. The van der Waals surface area contributed by atoms with Crippen LogP contribution in [-0.2, 0) is 18.8 Å². The Hall–Kier alpha value is -1.07. The first kappa shape index (κ1) is 18.3. The number of alkyl halides is 1. The van der Waals surface area contributed by atoms with E-state index in [0.29, 0.717) is 10.0 Å². The van der Waals surface area contributed by atoms with E-state index in [1.165, 1.54) is 22.5 Å². The zero-order valence-corrected chi connectivity index (χ0v) is 15.9. The number of nitrogens with one attached hydrogen (secondary N) is 1. The Bertz CT molecular complexity index is 679. The van der Waals surface area contributed by atoms with Gasteiger partial charge in [0.25, 0.3) is 5.91 Å². The van der Waals surface area contributed by atoms with Gasteiger partial charge in [0.1, 0.15) is 5.01 Å². The predicted octanol–water partition coefficient (Wildman–Crippen LogP) is 3.70. The lowest BCUT2D eigenvalue weighted by molar-refractivity contribution is 0.102. The van der Waals surface area contributed by atoms with E-state index in [1.54, 1.807) is 0 Å². The van der Waals surface area contributed by atoms with Gasteiger partial charge in [-0.15, -0.1) is 21.8 Å². The van der Waals surface area contributed by atoms with E-state index in [4.69, 9.17) is 11.6 Å². The highest BCUT2D eigenvalue weighted by atomic mass is 35.5. The van der Waals surface area contributed by atoms with Crippen molar-refractivity contribution in [2.24, 2.45) is 0 Å². The molecule has 0 aliphatic carbocycles. The molecule has 0 fully saturated rings. The second kappa shape index (κ2) is 8.69. The quantitative estimate of drug-likeness (QED) is 0.661. The largest absolute Gasteiger partial charge is 0.320 e. The van der Waals surface area contributed by atoms with E-state index in [1.807, 2.05) is 26.0 Å². The number of benzene rings is 1. The van der Waals surface area contributed by atoms with E-state index < -0.39 is 0 Å². The fourth-order valence-electron chi connectivity index (χ4n) is 2.24. The average Bonchev–Trinajstić information content (AvgIpc) is 3.06. The Morgan fingerprint density at radius 1 is 1.39 bits per heavy atom. The summed E-state index contributed by atoms with van der Waals surface area (Å²) in [6.45, 7) is 5.92. The topological polar surface area (TPSA) is 58.1 Å². The van der Waals surface area contributed by atoms with Gasteiger partial charge in [0.05, 0.1) is 5.88 Å². The Morgan fingerprint density at radius 3 is 2.87 bits per heavy atom. The number of hydrogen-bond donors (Lipinski definition) is 1. The normalized spacial score (nSPS) is 13.7. The van der Waals surface area contributed by atoms with Gasteiger partial charge in [0.2, 0.25) is 5.01 Å². The van der Waals surface area contributed by atoms with Gasteiger partial charge in [0.15, 0.2) is 0 Å². The molecule has 1 amide bonds. The van der Waals surface area contributed by atoms with Crippen molar-refractivity contribution in [2.75, 3.05) is 11.9 Å². The molecule has 1 aromatic heterocycles. The molecule has 23 heavy (non-hydrogen) atoms. The number of carbonyl (C=O) groups excluding carboxylic acids is 1. The predicted molar refractivity (Wildman–Crippen MR) is 99.0 cm³/mol. The van der Waals surface area contributed by atoms with Crippen LogP contribution in [-0.4, -0.2) is 27.3 Å². The number of hydrogen-bond acceptors (Lipinski definition) is 5. The van der Waals surface area contributed by atoms with Crippen molar-refractivity contribution in [1.29, 1.82) is 0 Å². The third kappa shape index (κ3) is 4.70. The number of aromatic nitrogens is 2. The SMILES string of the molecule is CC.O=C(Nc1ccc2c(c1)CCN(P)C2)c1nnc(CCl)s1. The molecule has 2 heterocycles. The summed E-state index contributed by atoms with van der Waals surface area (Å²) < 4.78 is 2.20. The van der Waals surface area contributed by atoms with Crippen molar-refractivity contribution in [2.45, 2.75) is 32.7 Å². The van der Waals surface area contributed by atoms with Crippen molar-refractivity contribution in [1.82, 2.24) is 14.9 Å². The summed E-state index contributed by atoms with van der Waals surface area (Å²) in [5.74, 6) is 0.0299. The van der Waals surface area contributed by atoms with Gasteiger partial charge < -0.3 is 5.32 Å². The van der Waals surface area contributed by atoms with Crippen molar-refractivity contribution >= 4 is 43.9 Å². The standard InChI is InChI=1S/C13H14ClN4OPS.C2H6/c14-6-11-16-17-13(21-11)12(19)15-10-2-1-9-7-18(20)4-3-8(9)5-10;1-2/h1-2,5H,3-4,6-7,20H2,(H,15,19);1-2H3. The fourth-order valence-corrected chi connectivity index (χ4v) is 3.36. The van der Waals surface area contributed by atoms with Gasteiger partial charge in [-0.25, -0.2) is 0 Å². The molecule has 8 heteroatoms. The minimum absolute atomic E-state index is 0.243. The van der Waals surface area contributed by atoms with E-state index in [0.717, 1.165) is 25.2 Å². The van der Waals surface area contributed by atoms with Crippen LogP contribution in [0.4, 0.5) is 5.69 Å². The molecule has 5 nitrogen and oxygen atoms in total. The van der Waals surface area contributed by atoms with Crippen LogP contribution in [0.25, 0.3) is 0 Å². The molecular weight excluding hydrogens is 351 g/mol. The summed E-state index contributed by atoms with van der Waals surface area (Å²) in [5, 5.41) is 11.5. The molecule has 1 aliphatic rings. The summed E-state index contributed by atoms with van der Waals surface area (Å²) in [7, 11) is 2.73. The van der Waals surface area contributed by atoms with E-state index in [9.17, 15) is 4.79 Å². The van der Waals surface area contributed by atoms with Crippen LogP contribution < -0.4 is 5.32 Å². The van der Waals surface area contributed by atoms with E-state index in [2.05, 4.69) is 35.6 Å². The highest BCUT2D eigenvalue weighted by Gasteiger charge is 2.16. The number of fused-ring (bicyclic) bond motifs is 1. The summed E-state index contributed by atoms with van der Waals surface area (Å²) in [6.07, 6.45) is 0.984. The highest BCUT2D eigenvalue weighted by Crippen LogP contribution is 2.24. The average molecular weight is 371 g/mol. The molecule has 124 valence electrons. The molecule has 1 aromatic carbocycles. The second-order valence-electron chi connectivity index (χ2n) is 4.79. The lowest BCUT2D eigenvalue weighted by Crippen LogP contribution is -2.22. The molecule has 0 bridgehead atoms. The molecule has 1 atom stereocenters. The summed E-state index contributed by atoms with van der Waals surface area (Å²) in [4.78, 5) is 12.1. The molecule has 0 spiro atoms. The second-order valence-corrected chi connectivity index (χ2v) is 6.85. The van der Waals surface area contributed by atoms with Crippen molar-refractivity contribution in [3.05, 3.63) is 39.3 Å². The maximum atomic E-state index is 12.1. The maximum absolute atomic E-state index is 12.1. The number of halogens is 1. The molecule has 0 saturated carbocycles. The smallest absolute Gasteiger partial charge is 0.286 e. The number of nitrogens with zero attached hydrogens (tertiary/aromatic N) is 3. The lowest BCUT2D eigenvalue weighted by atomic mass is 10.0. The summed E-state index contributed by atoms with van der Waals surface area (Å²) in [6, 6.07) is 6.02. The number of amides is 1. The van der Waals surface area contributed by atoms with Crippen LogP contribution >= 0.6 is 32.3 Å². The van der Waals surface area contributed by atoms with Crippen LogP contribution in [0.5, 0.6) is 0 Å². The molecular formula is C15H20ClN4OPS. The Labute approximate surface area is 147 Å². The van der Waals surface area contributed by atoms with Crippen molar-refractivity contribution in [3.8, 4) is 0 Å². The van der Waals surface area contributed by atoms with Gasteiger partial charge in [0, 0.05) is 18.8 Å². The molecule has 3 rings (SSSR count). The number of anilines is 1. The first-order valence-corrected chi connectivity index (χ1v) is 9.33. The van der Waals surface area contributed by atoms with Gasteiger partial charge in [-0.3, -0.25) is 9.46 Å². The van der Waals surface area contributed by atoms with Crippen LogP contribution in [0.15, 0.2) is 18.2 Å². The molecule has 1 aliphatic heterocycles. The molecule has 0 saturated heterocycles. The first-order chi connectivity index (χ1) is 11.2. The minimum atomic E-state index is -0.243. The fraction of sp³-hybridized carbons (Fsp3) is 0.400. The minimum Gasteiger partial charge on any atom is -0.320 e. The maximum Gasteiger partial charge on any atom is 0.286 e. The van der Waals surface area contributed by atoms with E-state index >= 15 is 0 Å². The van der Waals surface area contributed by atoms with Gasteiger partial charge in [-0.1, -0.05) is 40.6 Å². The zero-order chi connectivity index (χ0) is 16.8. The van der Waals surface area contributed by atoms with E-state index in [-0.39, 0.29) is 11.8 Å². The van der Waals surface area contributed by atoms with Gasteiger partial charge >= 0.3 is 0 Å². The molecule has 1 N–H and O–H groups in total. The lowest BCUT2D eigenvalue weighted by Gasteiger charge is -2.25. The Balaban J connectivity index is 0.000000924. The third-order valence-electron chi connectivity index (χ3n) is 3.28. The Kier molecular flexibility index (Phi) is 6.90. The van der Waals surface area contributed by atoms with Gasteiger partial charge in [-0.2, -0.15) is 0 Å². The van der Waals surface area contributed by atoms with Gasteiger partial charge in [-0.05, 0) is 29.7 Å². The summed E-state index contributed by atoms with van der Waals surface area (Å²) in [5.41, 5.74) is 3.37. The van der Waals surface area contributed by atoms with Crippen LogP contribution in [0.1, 0.15) is 39.8 Å². The molecule has 0 radical (unpaired) electrons. The molecule has 2 aromatic rings. The van der Waals surface area contributed by atoms with Crippen LogP contribution in [0.2, 0.25) is 0 Å². The summed E-state index contributed by atoms with van der Waals surface area (Å²) >= 11 is 6.88. The van der Waals surface area contributed by atoms with Crippen molar-refractivity contribution in [3.63, 3.8) is 0 Å². The molecule has 1 unspecified atom stereocenters.